The number of rotatable bonds is 3. The van der Waals surface area contributed by atoms with Crippen molar-refractivity contribution in [1.82, 2.24) is 10.6 Å². The van der Waals surface area contributed by atoms with E-state index in [2.05, 4.69) is 10.6 Å². The summed E-state index contributed by atoms with van der Waals surface area (Å²) in [5, 5.41) is 6.19. The van der Waals surface area contributed by atoms with Gasteiger partial charge >= 0.3 is 6.03 Å². The highest BCUT2D eigenvalue weighted by Gasteiger charge is 2.22. The molecule has 0 atom stereocenters. The molecule has 2 amide bonds. The predicted octanol–water partition coefficient (Wildman–Crippen LogP) is 2.77. The van der Waals surface area contributed by atoms with Crippen LogP contribution in [-0.2, 0) is 0 Å². The van der Waals surface area contributed by atoms with E-state index in [0.717, 1.165) is 18.4 Å². The minimum absolute atomic E-state index is 0.146. The van der Waals surface area contributed by atoms with E-state index in [1.165, 1.54) is 0 Å². The highest BCUT2D eigenvalue weighted by molar-refractivity contribution is 6.30. The van der Waals surface area contributed by atoms with Gasteiger partial charge in [0, 0.05) is 17.3 Å². The van der Waals surface area contributed by atoms with Gasteiger partial charge in [0.05, 0.1) is 0 Å². The van der Waals surface area contributed by atoms with Gasteiger partial charge in [0.25, 0.3) is 0 Å². The van der Waals surface area contributed by atoms with Crippen LogP contribution in [0, 0.1) is 0 Å². The summed E-state index contributed by atoms with van der Waals surface area (Å²) >= 11 is 5.76. The summed E-state index contributed by atoms with van der Waals surface area (Å²) in [5.41, 5.74) is 0.996. The van der Waals surface area contributed by atoms with Crippen molar-refractivity contribution in [3.8, 4) is 0 Å². The van der Waals surface area contributed by atoms with Crippen LogP contribution in [-0.4, -0.2) is 12.1 Å². The molecule has 0 unspecified atom stereocenters. The molecule has 0 spiro atoms. The quantitative estimate of drug-likeness (QED) is 0.833. The van der Waals surface area contributed by atoms with Gasteiger partial charge in [0.15, 0.2) is 0 Å². The molecule has 84 valence electrons. The minimum Gasteiger partial charge on any atom is -0.335 e. The number of carbonyl (C=O) groups excluding carboxylic acids is 1. The van der Waals surface area contributed by atoms with Crippen molar-refractivity contribution in [2.24, 2.45) is 0 Å². The lowest BCUT2D eigenvalue weighted by Crippen LogP contribution is -2.33. The average molecular weight is 237 g/mol. The molecular formula is C12H13ClN2O. The van der Waals surface area contributed by atoms with E-state index in [1.54, 1.807) is 6.20 Å². The zero-order valence-corrected chi connectivity index (χ0v) is 9.50. The highest BCUT2D eigenvalue weighted by atomic mass is 35.5. The molecule has 4 heteroatoms. The summed E-state index contributed by atoms with van der Waals surface area (Å²) in [6, 6.07) is 7.63. The lowest BCUT2D eigenvalue weighted by Gasteiger charge is -2.01. The van der Waals surface area contributed by atoms with Crippen LogP contribution < -0.4 is 10.6 Å². The smallest absolute Gasteiger partial charge is 0.318 e. The Hall–Kier alpha value is -1.48. The van der Waals surface area contributed by atoms with Crippen molar-refractivity contribution < 1.29 is 4.79 Å². The highest BCUT2D eigenvalue weighted by Crippen LogP contribution is 2.18. The van der Waals surface area contributed by atoms with Crippen LogP contribution in [0.25, 0.3) is 6.08 Å². The number of halogens is 1. The van der Waals surface area contributed by atoms with Gasteiger partial charge in [0.2, 0.25) is 0 Å². The first-order valence-electron chi connectivity index (χ1n) is 5.23. The Kier molecular flexibility index (Phi) is 3.47. The predicted molar refractivity (Wildman–Crippen MR) is 65.2 cm³/mol. The lowest BCUT2D eigenvalue weighted by molar-refractivity contribution is 0.244. The molecule has 0 heterocycles. The minimum atomic E-state index is -0.146. The van der Waals surface area contributed by atoms with E-state index in [0.29, 0.717) is 11.1 Å². The van der Waals surface area contributed by atoms with Gasteiger partial charge in [-0.2, -0.15) is 0 Å². The van der Waals surface area contributed by atoms with Gasteiger partial charge in [-0.25, -0.2) is 4.79 Å². The lowest BCUT2D eigenvalue weighted by atomic mass is 10.2. The fourth-order valence-corrected chi connectivity index (χ4v) is 1.37. The molecule has 1 aliphatic carbocycles. The maximum Gasteiger partial charge on any atom is 0.318 e. The fourth-order valence-electron chi connectivity index (χ4n) is 1.24. The Labute approximate surface area is 99.5 Å². The van der Waals surface area contributed by atoms with Gasteiger partial charge in [-0.1, -0.05) is 23.7 Å². The maximum absolute atomic E-state index is 11.2. The second kappa shape index (κ2) is 5.03. The van der Waals surface area contributed by atoms with E-state index in [4.69, 9.17) is 11.6 Å². The van der Waals surface area contributed by atoms with Crippen molar-refractivity contribution >= 4 is 23.7 Å². The van der Waals surface area contributed by atoms with E-state index in [1.807, 2.05) is 30.3 Å². The first-order valence-corrected chi connectivity index (χ1v) is 5.61. The molecule has 16 heavy (non-hydrogen) atoms. The van der Waals surface area contributed by atoms with Crippen LogP contribution in [0.1, 0.15) is 18.4 Å². The van der Waals surface area contributed by atoms with Crippen molar-refractivity contribution in [2.45, 2.75) is 18.9 Å². The number of hydrogen-bond acceptors (Lipinski definition) is 1. The monoisotopic (exact) mass is 236 g/mol. The Balaban J connectivity index is 1.79. The van der Waals surface area contributed by atoms with E-state index in [9.17, 15) is 4.79 Å². The van der Waals surface area contributed by atoms with Gasteiger partial charge in [-0.3, -0.25) is 0 Å². The first kappa shape index (κ1) is 11.0. The normalized spacial score (nSPS) is 15.1. The first-order chi connectivity index (χ1) is 7.74. The van der Waals surface area contributed by atoms with Gasteiger partial charge in [-0.05, 0) is 36.6 Å². The molecule has 1 aromatic rings. The molecule has 2 N–H and O–H groups in total. The summed E-state index contributed by atoms with van der Waals surface area (Å²) in [5.74, 6) is 0. The third-order valence-corrected chi connectivity index (χ3v) is 2.52. The fraction of sp³-hybridized carbons (Fsp3) is 0.250. The summed E-state index contributed by atoms with van der Waals surface area (Å²) in [4.78, 5) is 11.2. The van der Waals surface area contributed by atoms with Crippen LogP contribution in [0.4, 0.5) is 4.79 Å². The topological polar surface area (TPSA) is 41.1 Å². The van der Waals surface area contributed by atoms with Crippen LogP contribution >= 0.6 is 11.6 Å². The van der Waals surface area contributed by atoms with Crippen molar-refractivity contribution in [2.75, 3.05) is 0 Å². The number of benzene rings is 1. The number of amides is 2. The third kappa shape index (κ3) is 3.59. The molecule has 0 saturated heterocycles. The Morgan fingerprint density at radius 1 is 1.31 bits per heavy atom. The third-order valence-electron chi connectivity index (χ3n) is 2.27. The molecule has 1 aromatic carbocycles. The number of carbonyl (C=O) groups is 1. The average Bonchev–Trinajstić information content (AvgIpc) is 3.05. The van der Waals surface area contributed by atoms with Crippen molar-refractivity contribution in [3.05, 3.63) is 41.1 Å². The number of hydrogen-bond donors (Lipinski definition) is 2. The molecule has 1 fully saturated rings. The summed E-state index contributed by atoms with van der Waals surface area (Å²) in [6.07, 6.45) is 5.63. The molecule has 0 bridgehead atoms. The molecule has 2 rings (SSSR count). The van der Waals surface area contributed by atoms with E-state index < -0.39 is 0 Å². The van der Waals surface area contributed by atoms with Gasteiger partial charge in [-0.15, -0.1) is 0 Å². The molecular weight excluding hydrogens is 224 g/mol. The molecule has 1 saturated carbocycles. The summed E-state index contributed by atoms with van der Waals surface area (Å²) in [6.45, 7) is 0. The largest absolute Gasteiger partial charge is 0.335 e. The van der Waals surface area contributed by atoms with Crippen LogP contribution in [0.2, 0.25) is 5.02 Å². The van der Waals surface area contributed by atoms with Gasteiger partial charge < -0.3 is 10.6 Å². The standard InChI is InChI=1S/C12H13ClN2O/c13-10-3-1-9(2-4-10)7-8-14-12(16)15-11-5-6-11/h1-4,7-8,11H,5-6H2,(H2,14,15,16)/b8-7+. The van der Waals surface area contributed by atoms with Crippen LogP contribution in [0.3, 0.4) is 0 Å². The zero-order valence-electron chi connectivity index (χ0n) is 8.74. The second-order valence-corrected chi connectivity index (χ2v) is 4.21. The Morgan fingerprint density at radius 3 is 2.62 bits per heavy atom. The van der Waals surface area contributed by atoms with E-state index >= 15 is 0 Å². The molecule has 0 aromatic heterocycles. The van der Waals surface area contributed by atoms with Crippen molar-refractivity contribution in [3.63, 3.8) is 0 Å². The van der Waals surface area contributed by atoms with Gasteiger partial charge in [0.1, 0.15) is 0 Å². The van der Waals surface area contributed by atoms with Crippen LogP contribution in [0.5, 0.6) is 0 Å². The number of urea groups is 1. The molecule has 1 aliphatic rings. The Bertz CT molecular complexity index is 396. The summed E-state index contributed by atoms with van der Waals surface area (Å²) in [7, 11) is 0. The second-order valence-electron chi connectivity index (χ2n) is 3.78. The molecule has 0 radical (unpaired) electrons. The molecule has 0 aliphatic heterocycles. The SMILES string of the molecule is O=C(N/C=C/c1ccc(Cl)cc1)NC1CC1. The number of nitrogens with one attached hydrogen (secondary N) is 2. The van der Waals surface area contributed by atoms with Crippen molar-refractivity contribution in [1.29, 1.82) is 0 Å². The zero-order chi connectivity index (χ0) is 11.4. The van der Waals surface area contributed by atoms with E-state index in [-0.39, 0.29) is 6.03 Å². The molecule has 3 nitrogen and oxygen atoms in total. The summed E-state index contributed by atoms with van der Waals surface area (Å²) < 4.78 is 0. The maximum atomic E-state index is 11.2. The Morgan fingerprint density at radius 2 is 2.00 bits per heavy atom. The van der Waals surface area contributed by atoms with Crippen LogP contribution in [0.15, 0.2) is 30.5 Å².